The number of carbonyl (C=O) groups is 1. The number of non-ortho nitro benzene ring substituents is 1. The Morgan fingerprint density at radius 2 is 1.90 bits per heavy atom. The predicted octanol–water partition coefficient (Wildman–Crippen LogP) is 2.87. The Bertz CT molecular complexity index is 607. The molecule has 0 radical (unpaired) electrons. The number of nitrogens with zero attached hydrogens (tertiary/aromatic N) is 1. The van der Waals surface area contributed by atoms with Crippen molar-refractivity contribution in [1.82, 2.24) is 0 Å². The summed E-state index contributed by atoms with van der Waals surface area (Å²) in [6.07, 6.45) is 0. The third kappa shape index (κ3) is 3.32. The molecule has 20 heavy (non-hydrogen) atoms. The quantitative estimate of drug-likeness (QED) is 0.668. The van der Waals surface area contributed by atoms with Crippen LogP contribution in [0.5, 0.6) is 5.75 Å². The first kappa shape index (κ1) is 13.5. The van der Waals surface area contributed by atoms with Crippen molar-refractivity contribution >= 4 is 11.7 Å². The summed E-state index contributed by atoms with van der Waals surface area (Å²) in [6, 6.07) is 12.7. The van der Waals surface area contributed by atoms with E-state index < -0.39 is 10.9 Å². The molecule has 1 N–H and O–H groups in total. The van der Waals surface area contributed by atoms with Gasteiger partial charge in [-0.2, -0.15) is 0 Å². The van der Waals surface area contributed by atoms with Gasteiger partial charge < -0.3 is 9.84 Å². The molecule has 0 unspecified atom stereocenters. The predicted molar refractivity (Wildman–Crippen MR) is 70.8 cm³/mol. The lowest BCUT2D eigenvalue weighted by Crippen LogP contribution is -2.01. The first-order valence-electron chi connectivity index (χ1n) is 5.76. The Balaban J connectivity index is 2.22. The molecule has 6 heteroatoms. The number of rotatable bonds is 5. The van der Waals surface area contributed by atoms with Crippen LogP contribution in [-0.2, 0) is 6.61 Å². The van der Waals surface area contributed by atoms with E-state index in [-0.39, 0.29) is 23.6 Å². The maximum absolute atomic E-state index is 10.9. The maximum atomic E-state index is 10.9. The highest BCUT2D eigenvalue weighted by atomic mass is 16.6. The van der Waals surface area contributed by atoms with Crippen molar-refractivity contribution in [2.75, 3.05) is 0 Å². The van der Waals surface area contributed by atoms with Gasteiger partial charge in [0.1, 0.15) is 12.4 Å². The van der Waals surface area contributed by atoms with Crippen LogP contribution in [0.15, 0.2) is 48.5 Å². The van der Waals surface area contributed by atoms with Crippen LogP contribution in [0.3, 0.4) is 0 Å². The number of benzene rings is 2. The second kappa shape index (κ2) is 5.83. The summed E-state index contributed by atoms with van der Waals surface area (Å²) >= 11 is 0. The number of hydrogen-bond acceptors (Lipinski definition) is 4. The Hall–Kier alpha value is -2.89. The molecule has 0 aliphatic heterocycles. The molecule has 2 rings (SSSR count). The van der Waals surface area contributed by atoms with Crippen LogP contribution in [0.1, 0.15) is 15.9 Å². The molecule has 2 aromatic carbocycles. The zero-order valence-electron chi connectivity index (χ0n) is 10.4. The average Bonchev–Trinajstić information content (AvgIpc) is 2.45. The van der Waals surface area contributed by atoms with Gasteiger partial charge in [0.2, 0.25) is 0 Å². The molecule has 0 aliphatic carbocycles. The van der Waals surface area contributed by atoms with Gasteiger partial charge in [0, 0.05) is 6.07 Å². The summed E-state index contributed by atoms with van der Waals surface area (Å²) in [4.78, 5) is 21.0. The molecule has 0 saturated heterocycles. The van der Waals surface area contributed by atoms with E-state index >= 15 is 0 Å². The van der Waals surface area contributed by atoms with E-state index in [2.05, 4.69) is 0 Å². The van der Waals surface area contributed by atoms with Crippen molar-refractivity contribution in [3.8, 4) is 5.75 Å². The fourth-order valence-corrected chi connectivity index (χ4v) is 1.64. The van der Waals surface area contributed by atoms with Crippen molar-refractivity contribution in [3.05, 3.63) is 69.8 Å². The molecule has 102 valence electrons. The van der Waals surface area contributed by atoms with Gasteiger partial charge in [0.25, 0.3) is 5.69 Å². The van der Waals surface area contributed by atoms with E-state index in [1.165, 1.54) is 12.1 Å². The Morgan fingerprint density at radius 3 is 2.50 bits per heavy atom. The molecule has 0 fully saturated rings. The SMILES string of the molecule is O=C(O)c1cc(OCc2ccccc2)cc([N+](=O)[O-])c1. The van der Waals surface area contributed by atoms with Crippen LogP contribution in [0.25, 0.3) is 0 Å². The number of aromatic carboxylic acids is 1. The maximum Gasteiger partial charge on any atom is 0.336 e. The van der Waals surface area contributed by atoms with E-state index in [9.17, 15) is 14.9 Å². The van der Waals surface area contributed by atoms with Gasteiger partial charge in [0.15, 0.2) is 0 Å². The van der Waals surface area contributed by atoms with Crippen LogP contribution in [-0.4, -0.2) is 16.0 Å². The third-order valence-corrected chi connectivity index (χ3v) is 2.60. The molecule has 0 amide bonds. The van der Waals surface area contributed by atoms with Gasteiger partial charge in [0.05, 0.1) is 16.6 Å². The average molecular weight is 273 g/mol. The largest absolute Gasteiger partial charge is 0.489 e. The molecular formula is C14H11NO5. The number of nitro benzene ring substituents is 1. The summed E-state index contributed by atoms with van der Waals surface area (Å²) in [6.45, 7) is 0.209. The Morgan fingerprint density at radius 1 is 1.20 bits per heavy atom. The highest BCUT2D eigenvalue weighted by Gasteiger charge is 2.14. The van der Waals surface area contributed by atoms with E-state index in [1.807, 2.05) is 30.3 Å². The lowest BCUT2D eigenvalue weighted by molar-refractivity contribution is -0.385. The highest BCUT2D eigenvalue weighted by molar-refractivity contribution is 5.89. The fraction of sp³-hybridized carbons (Fsp3) is 0.0714. The van der Waals surface area contributed by atoms with Crippen molar-refractivity contribution < 1.29 is 19.6 Å². The van der Waals surface area contributed by atoms with Gasteiger partial charge in [-0.1, -0.05) is 30.3 Å². The summed E-state index contributed by atoms with van der Waals surface area (Å²) in [5.41, 5.74) is 0.395. The summed E-state index contributed by atoms with van der Waals surface area (Å²) in [5, 5.41) is 19.7. The van der Waals surface area contributed by atoms with Crippen LogP contribution in [0.4, 0.5) is 5.69 Å². The van der Waals surface area contributed by atoms with Gasteiger partial charge in [-0.25, -0.2) is 4.79 Å². The van der Waals surface area contributed by atoms with Crippen molar-refractivity contribution in [3.63, 3.8) is 0 Å². The molecule has 2 aromatic rings. The molecule has 6 nitrogen and oxygen atoms in total. The molecule has 0 saturated carbocycles. The van der Waals surface area contributed by atoms with Crippen molar-refractivity contribution in [2.45, 2.75) is 6.61 Å². The van der Waals surface area contributed by atoms with Crippen LogP contribution >= 0.6 is 0 Å². The Kier molecular flexibility index (Phi) is 3.95. The van der Waals surface area contributed by atoms with E-state index in [0.29, 0.717) is 0 Å². The van der Waals surface area contributed by atoms with E-state index in [4.69, 9.17) is 9.84 Å². The highest BCUT2D eigenvalue weighted by Crippen LogP contribution is 2.23. The first-order valence-corrected chi connectivity index (χ1v) is 5.76. The zero-order valence-corrected chi connectivity index (χ0v) is 10.4. The van der Waals surface area contributed by atoms with Gasteiger partial charge in [-0.15, -0.1) is 0 Å². The zero-order chi connectivity index (χ0) is 14.5. The fourth-order valence-electron chi connectivity index (χ4n) is 1.64. The van der Waals surface area contributed by atoms with Gasteiger partial charge in [-0.05, 0) is 11.6 Å². The van der Waals surface area contributed by atoms with Gasteiger partial charge >= 0.3 is 5.97 Å². The number of nitro groups is 1. The number of carboxylic acids is 1. The van der Waals surface area contributed by atoms with Crippen molar-refractivity contribution in [1.29, 1.82) is 0 Å². The molecular weight excluding hydrogens is 262 g/mol. The van der Waals surface area contributed by atoms with Gasteiger partial charge in [-0.3, -0.25) is 10.1 Å². The van der Waals surface area contributed by atoms with Crippen LogP contribution in [0.2, 0.25) is 0 Å². The number of hydrogen-bond donors (Lipinski definition) is 1. The number of carboxylic acid groups (broad SMARTS) is 1. The minimum Gasteiger partial charge on any atom is -0.489 e. The summed E-state index contributed by atoms with van der Waals surface area (Å²) < 4.78 is 5.41. The third-order valence-electron chi connectivity index (χ3n) is 2.60. The molecule has 0 aromatic heterocycles. The second-order valence-electron chi connectivity index (χ2n) is 4.05. The molecule has 0 bridgehead atoms. The normalized spacial score (nSPS) is 10.0. The lowest BCUT2D eigenvalue weighted by atomic mass is 10.2. The molecule has 0 spiro atoms. The minimum absolute atomic E-state index is 0.153. The van der Waals surface area contributed by atoms with Crippen LogP contribution in [0, 0.1) is 10.1 Å². The monoisotopic (exact) mass is 273 g/mol. The van der Waals surface area contributed by atoms with E-state index in [0.717, 1.165) is 11.6 Å². The lowest BCUT2D eigenvalue weighted by Gasteiger charge is -2.07. The molecule has 0 heterocycles. The molecule has 0 atom stereocenters. The van der Waals surface area contributed by atoms with E-state index in [1.54, 1.807) is 0 Å². The summed E-state index contributed by atoms with van der Waals surface area (Å²) in [5.74, 6) is -1.08. The Labute approximate surface area is 114 Å². The second-order valence-corrected chi connectivity index (χ2v) is 4.05. The minimum atomic E-state index is -1.24. The van der Waals surface area contributed by atoms with Crippen LogP contribution < -0.4 is 4.74 Å². The first-order chi connectivity index (χ1) is 9.56. The van der Waals surface area contributed by atoms with Crippen molar-refractivity contribution in [2.24, 2.45) is 0 Å². The summed E-state index contributed by atoms with van der Waals surface area (Å²) in [7, 11) is 0. The standard InChI is InChI=1S/C14H11NO5/c16-14(17)11-6-12(15(18)19)8-13(7-11)20-9-10-4-2-1-3-5-10/h1-8H,9H2,(H,16,17). The smallest absolute Gasteiger partial charge is 0.336 e. The molecule has 0 aliphatic rings. The topological polar surface area (TPSA) is 89.7 Å². The number of ether oxygens (including phenoxy) is 1.